The third-order valence-corrected chi connectivity index (χ3v) is 5.73. The van der Waals surface area contributed by atoms with Crippen LogP contribution in [-0.4, -0.2) is 52.8 Å². The Morgan fingerprint density at radius 3 is 2.61 bits per heavy atom. The van der Waals surface area contributed by atoms with Crippen molar-refractivity contribution in [1.29, 1.82) is 0 Å². The van der Waals surface area contributed by atoms with Gasteiger partial charge in [0, 0.05) is 31.1 Å². The highest BCUT2D eigenvalue weighted by molar-refractivity contribution is 6.23. The van der Waals surface area contributed by atoms with Crippen LogP contribution in [0.15, 0.2) is 18.2 Å². The largest absolute Gasteiger partial charge is 0.382 e. The van der Waals surface area contributed by atoms with E-state index in [0.717, 1.165) is 4.90 Å². The lowest BCUT2D eigenvalue weighted by Gasteiger charge is -2.27. The van der Waals surface area contributed by atoms with E-state index in [1.54, 1.807) is 12.1 Å². The van der Waals surface area contributed by atoms with Gasteiger partial charge in [-0.1, -0.05) is 0 Å². The minimum Gasteiger partial charge on any atom is -0.382 e. The molecule has 1 saturated heterocycles. The molecule has 28 heavy (non-hydrogen) atoms. The van der Waals surface area contributed by atoms with Crippen LogP contribution < -0.4 is 16.4 Å². The molecule has 2 heterocycles. The van der Waals surface area contributed by atoms with E-state index in [0.29, 0.717) is 18.5 Å². The van der Waals surface area contributed by atoms with E-state index in [1.165, 1.54) is 6.07 Å². The average molecular weight is 388 g/mol. The minimum atomic E-state index is -1.37. The number of fused-ring (bicyclic) bond motifs is 1. The molecule has 3 atom stereocenters. The van der Waals surface area contributed by atoms with Gasteiger partial charge in [-0.2, -0.15) is 0 Å². The van der Waals surface area contributed by atoms with Crippen LogP contribution in [0.2, 0.25) is 0 Å². The number of nitrogens with zero attached hydrogens (tertiary/aromatic N) is 1. The Labute approximate surface area is 160 Å². The number of rotatable bonds is 4. The quantitative estimate of drug-likeness (QED) is 0.654. The Kier molecular flexibility index (Phi) is 4.41. The smallest absolute Gasteiger partial charge is 0.262 e. The van der Waals surface area contributed by atoms with Gasteiger partial charge >= 0.3 is 0 Å². The molecule has 1 saturated carbocycles. The summed E-state index contributed by atoms with van der Waals surface area (Å²) in [6.07, 6.45) is 1.48. The van der Waals surface area contributed by atoms with Crippen LogP contribution in [-0.2, 0) is 9.59 Å². The molecule has 1 unspecified atom stereocenters. The number of hydrogen-bond donors (Lipinski definition) is 3. The van der Waals surface area contributed by atoms with Crippen molar-refractivity contribution in [3.63, 3.8) is 0 Å². The summed E-state index contributed by atoms with van der Waals surface area (Å²) < 4.78 is 14.3. The van der Waals surface area contributed by atoms with E-state index in [4.69, 9.17) is 5.73 Å². The molecular formula is C19H21FN4O4. The summed E-state index contributed by atoms with van der Waals surface area (Å²) in [5, 5.41) is 5.37. The number of imide groups is 2. The van der Waals surface area contributed by atoms with Crippen molar-refractivity contribution in [3.8, 4) is 0 Å². The molecule has 2 aliphatic heterocycles. The zero-order valence-corrected chi connectivity index (χ0v) is 15.2. The Bertz CT molecular complexity index is 889. The Balaban J connectivity index is 1.53. The van der Waals surface area contributed by atoms with Crippen LogP contribution in [0.4, 0.5) is 10.1 Å². The number of hydrogen-bond acceptors (Lipinski definition) is 6. The molecule has 9 heteroatoms. The van der Waals surface area contributed by atoms with Crippen LogP contribution in [0.3, 0.4) is 0 Å². The van der Waals surface area contributed by atoms with Gasteiger partial charge in [0.05, 0.1) is 11.1 Å². The summed E-state index contributed by atoms with van der Waals surface area (Å²) in [6.45, 7) is -0.0245. The number of nitrogens with one attached hydrogen (secondary N) is 2. The standard InChI is InChI=1S/C19H21FN4O4/c20-19(9-21)6-5-11(8-19)22-10-1-2-12-13(7-10)18(28)24(17(12)27)14-3-4-15(25)23-16(14)26/h1-2,7,11,14,22H,3-6,8-9,21H2,(H,23,25,26)/t11-,14?,19+/m0/s1. The van der Waals surface area contributed by atoms with Gasteiger partial charge < -0.3 is 11.1 Å². The molecule has 0 radical (unpaired) electrons. The van der Waals surface area contributed by atoms with Crippen molar-refractivity contribution >= 4 is 29.3 Å². The van der Waals surface area contributed by atoms with Crippen molar-refractivity contribution in [3.05, 3.63) is 29.3 Å². The van der Waals surface area contributed by atoms with Crippen LogP contribution in [0.25, 0.3) is 0 Å². The summed E-state index contributed by atoms with van der Waals surface area (Å²) in [5.41, 5.74) is 5.14. The SMILES string of the molecule is NC[C@@]1(F)CC[C@H](Nc2ccc3c(c2)C(=O)N(C2CCC(=O)NC2=O)C3=O)C1. The number of halogens is 1. The second-order valence-corrected chi connectivity index (χ2v) is 7.65. The zero-order chi connectivity index (χ0) is 20.1. The number of nitrogens with two attached hydrogens (primary N) is 1. The lowest BCUT2D eigenvalue weighted by Crippen LogP contribution is -2.54. The zero-order valence-electron chi connectivity index (χ0n) is 15.2. The number of carbonyl (C=O) groups excluding carboxylic acids is 4. The van der Waals surface area contributed by atoms with E-state index in [-0.39, 0.29) is 43.0 Å². The third kappa shape index (κ3) is 3.05. The molecule has 8 nitrogen and oxygen atoms in total. The first-order valence-corrected chi connectivity index (χ1v) is 9.32. The molecule has 1 aromatic rings. The van der Waals surface area contributed by atoms with Gasteiger partial charge in [-0.05, 0) is 37.5 Å². The molecule has 0 aromatic heterocycles. The van der Waals surface area contributed by atoms with Crippen LogP contribution in [0.5, 0.6) is 0 Å². The lowest BCUT2D eigenvalue weighted by molar-refractivity contribution is -0.136. The van der Waals surface area contributed by atoms with Crippen molar-refractivity contribution < 1.29 is 23.6 Å². The predicted molar refractivity (Wildman–Crippen MR) is 97.3 cm³/mol. The van der Waals surface area contributed by atoms with Gasteiger partial charge in [-0.15, -0.1) is 0 Å². The number of benzene rings is 1. The molecule has 3 aliphatic rings. The van der Waals surface area contributed by atoms with Gasteiger partial charge in [-0.3, -0.25) is 29.4 Å². The molecule has 1 aliphatic carbocycles. The molecule has 0 spiro atoms. The first-order valence-electron chi connectivity index (χ1n) is 9.32. The number of amides is 4. The highest BCUT2D eigenvalue weighted by Crippen LogP contribution is 2.35. The van der Waals surface area contributed by atoms with Gasteiger partial charge in [-0.25, -0.2) is 4.39 Å². The maximum absolute atomic E-state index is 14.3. The fraction of sp³-hybridized carbons (Fsp3) is 0.474. The highest BCUT2D eigenvalue weighted by Gasteiger charge is 2.45. The summed E-state index contributed by atoms with van der Waals surface area (Å²) >= 11 is 0. The fourth-order valence-electron chi connectivity index (χ4n) is 4.18. The highest BCUT2D eigenvalue weighted by atomic mass is 19.1. The Hall–Kier alpha value is -2.81. The third-order valence-electron chi connectivity index (χ3n) is 5.73. The second-order valence-electron chi connectivity index (χ2n) is 7.65. The average Bonchev–Trinajstić information content (AvgIpc) is 3.15. The number of anilines is 1. The summed E-state index contributed by atoms with van der Waals surface area (Å²) in [5.74, 6) is -2.17. The van der Waals surface area contributed by atoms with E-state index < -0.39 is 35.3 Å². The molecule has 148 valence electrons. The summed E-state index contributed by atoms with van der Waals surface area (Å²) in [4.78, 5) is 49.8. The molecule has 4 amide bonds. The molecule has 4 N–H and O–H groups in total. The van der Waals surface area contributed by atoms with Gasteiger partial charge in [0.25, 0.3) is 11.8 Å². The van der Waals surface area contributed by atoms with E-state index >= 15 is 0 Å². The van der Waals surface area contributed by atoms with E-state index in [9.17, 15) is 23.6 Å². The lowest BCUT2D eigenvalue weighted by atomic mass is 10.0. The number of carbonyl (C=O) groups is 4. The van der Waals surface area contributed by atoms with Crippen molar-refractivity contribution in [1.82, 2.24) is 10.2 Å². The second kappa shape index (κ2) is 6.66. The monoisotopic (exact) mass is 388 g/mol. The molecule has 2 fully saturated rings. The van der Waals surface area contributed by atoms with E-state index in [1.807, 2.05) is 0 Å². The topological polar surface area (TPSA) is 122 Å². The molecule has 4 rings (SSSR count). The Morgan fingerprint density at radius 2 is 1.93 bits per heavy atom. The maximum Gasteiger partial charge on any atom is 0.262 e. The number of piperidine rings is 1. The normalized spacial score (nSPS) is 29.9. The number of alkyl halides is 1. The van der Waals surface area contributed by atoms with Crippen molar-refractivity contribution in [2.24, 2.45) is 5.73 Å². The predicted octanol–water partition coefficient (Wildman–Crippen LogP) is 0.719. The molecular weight excluding hydrogens is 367 g/mol. The first kappa shape index (κ1) is 18.5. The van der Waals surface area contributed by atoms with Crippen molar-refractivity contribution in [2.75, 3.05) is 11.9 Å². The first-order chi connectivity index (χ1) is 13.3. The molecule has 1 aromatic carbocycles. The van der Waals surface area contributed by atoms with Gasteiger partial charge in [0.1, 0.15) is 11.7 Å². The van der Waals surface area contributed by atoms with Crippen LogP contribution in [0.1, 0.15) is 52.8 Å². The summed E-state index contributed by atoms with van der Waals surface area (Å²) in [7, 11) is 0. The van der Waals surface area contributed by atoms with Crippen LogP contribution >= 0.6 is 0 Å². The van der Waals surface area contributed by atoms with E-state index in [2.05, 4.69) is 10.6 Å². The Morgan fingerprint density at radius 1 is 1.18 bits per heavy atom. The summed E-state index contributed by atoms with van der Waals surface area (Å²) in [6, 6.07) is 3.66. The molecule has 0 bridgehead atoms. The minimum absolute atomic E-state index is 0.0245. The van der Waals surface area contributed by atoms with Gasteiger partial charge in [0.2, 0.25) is 11.8 Å². The van der Waals surface area contributed by atoms with Crippen LogP contribution in [0, 0.1) is 0 Å². The van der Waals surface area contributed by atoms with Gasteiger partial charge in [0.15, 0.2) is 0 Å². The maximum atomic E-state index is 14.3. The fourth-order valence-corrected chi connectivity index (χ4v) is 4.18. The van der Waals surface area contributed by atoms with Crippen molar-refractivity contribution in [2.45, 2.75) is 49.9 Å².